The molecule has 6 nitrogen and oxygen atoms in total. The zero-order chi connectivity index (χ0) is 14.6. The zero-order valence-corrected chi connectivity index (χ0v) is 12.0. The number of rotatable bonds is 6. The van der Waals surface area contributed by atoms with E-state index >= 15 is 0 Å². The number of carboxylic acid groups (broad SMARTS) is 1. The first kappa shape index (κ1) is 15.4. The number of carbonyl (C=O) groups is 2. The number of carbonyl (C=O) groups excluding carboxylic acids is 1. The maximum absolute atomic E-state index is 12.0. The van der Waals surface area contributed by atoms with Crippen molar-refractivity contribution in [2.24, 2.45) is 7.05 Å². The van der Waals surface area contributed by atoms with Gasteiger partial charge >= 0.3 is 10.8 Å². The molecule has 19 heavy (non-hydrogen) atoms. The van der Waals surface area contributed by atoms with Gasteiger partial charge in [-0.25, -0.2) is 4.79 Å². The van der Waals surface area contributed by atoms with Crippen LogP contribution in [0.5, 0.6) is 0 Å². The van der Waals surface area contributed by atoms with Gasteiger partial charge in [0.1, 0.15) is 10.9 Å². The summed E-state index contributed by atoms with van der Waals surface area (Å²) >= 11 is 0.829. The van der Waals surface area contributed by atoms with Gasteiger partial charge in [-0.3, -0.25) is 9.59 Å². The van der Waals surface area contributed by atoms with Crippen LogP contribution in [0.1, 0.15) is 41.6 Å². The van der Waals surface area contributed by atoms with Gasteiger partial charge in [0.05, 0.1) is 0 Å². The molecule has 0 aliphatic carbocycles. The van der Waals surface area contributed by atoms with Crippen LogP contribution in [-0.2, 0) is 11.8 Å². The van der Waals surface area contributed by atoms with E-state index in [1.54, 1.807) is 14.0 Å². The van der Waals surface area contributed by atoms with Crippen LogP contribution >= 0.6 is 11.3 Å². The SMILES string of the molecule is CCCCC(NC(=O)c1sc(=O)n(C)c1C)C(=O)O. The van der Waals surface area contributed by atoms with Crippen molar-refractivity contribution in [2.75, 3.05) is 0 Å². The fourth-order valence-corrected chi connectivity index (χ4v) is 2.50. The molecule has 0 aliphatic rings. The van der Waals surface area contributed by atoms with Crippen LogP contribution in [0.3, 0.4) is 0 Å². The lowest BCUT2D eigenvalue weighted by Gasteiger charge is -2.13. The van der Waals surface area contributed by atoms with Gasteiger partial charge in [-0.05, 0) is 13.3 Å². The zero-order valence-electron chi connectivity index (χ0n) is 11.2. The highest BCUT2D eigenvalue weighted by atomic mass is 32.1. The van der Waals surface area contributed by atoms with Gasteiger partial charge in [-0.15, -0.1) is 0 Å². The lowest BCUT2D eigenvalue weighted by molar-refractivity contribution is -0.139. The molecule has 106 valence electrons. The molecular weight excluding hydrogens is 268 g/mol. The minimum atomic E-state index is -1.05. The summed E-state index contributed by atoms with van der Waals surface area (Å²) in [5.74, 6) is -1.55. The molecule has 0 fully saturated rings. The Morgan fingerprint density at radius 3 is 2.53 bits per heavy atom. The molecule has 1 rings (SSSR count). The first-order valence-electron chi connectivity index (χ1n) is 6.08. The molecule has 1 atom stereocenters. The van der Waals surface area contributed by atoms with Gasteiger partial charge in [0.2, 0.25) is 0 Å². The summed E-state index contributed by atoms with van der Waals surface area (Å²) in [6.07, 6.45) is 1.97. The van der Waals surface area contributed by atoms with E-state index in [0.29, 0.717) is 12.1 Å². The molecule has 0 saturated carbocycles. The molecule has 1 aromatic rings. The number of hydrogen-bond donors (Lipinski definition) is 2. The molecule has 1 aromatic heterocycles. The maximum atomic E-state index is 12.0. The molecule has 0 bridgehead atoms. The van der Waals surface area contributed by atoms with Gasteiger partial charge in [-0.1, -0.05) is 31.1 Å². The Kier molecular flexibility index (Phi) is 5.29. The number of aliphatic carboxylic acids is 1. The molecular formula is C12H18N2O4S. The number of aromatic nitrogens is 1. The predicted octanol–water partition coefficient (Wildman–Crippen LogP) is 1.13. The Morgan fingerprint density at radius 1 is 1.47 bits per heavy atom. The van der Waals surface area contributed by atoms with E-state index in [4.69, 9.17) is 5.11 Å². The van der Waals surface area contributed by atoms with Crippen LogP contribution in [0.2, 0.25) is 0 Å². The summed E-state index contributed by atoms with van der Waals surface area (Å²) in [7, 11) is 1.58. The van der Waals surface area contributed by atoms with Crippen molar-refractivity contribution in [3.8, 4) is 0 Å². The summed E-state index contributed by atoms with van der Waals surface area (Å²) in [6.45, 7) is 3.61. The van der Waals surface area contributed by atoms with E-state index in [9.17, 15) is 14.4 Å². The molecule has 0 aliphatic heterocycles. The van der Waals surface area contributed by atoms with E-state index in [0.717, 1.165) is 24.2 Å². The van der Waals surface area contributed by atoms with Crippen molar-refractivity contribution < 1.29 is 14.7 Å². The van der Waals surface area contributed by atoms with Crippen LogP contribution in [0.25, 0.3) is 0 Å². The second-order valence-electron chi connectivity index (χ2n) is 4.35. The van der Waals surface area contributed by atoms with Gasteiger partial charge in [-0.2, -0.15) is 0 Å². The van der Waals surface area contributed by atoms with Crippen molar-refractivity contribution in [2.45, 2.75) is 39.2 Å². The molecule has 0 spiro atoms. The quantitative estimate of drug-likeness (QED) is 0.820. The molecule has 0 saturated heterocycles. The number of unbranched alkanes of at least 4 members (excludes halogenated alkanes) is 1. The smallest absolute Gasteiger partial charge is 0.326 e. The fraction of sp³-hybridized carbons (Fsp3) is 0.583. The highest BCUT2D eigenvalue weighted by Crippen LogP contribution is 2.11. The lowest BCUT2D eigenvalue weighted by Crippen LogP contribution is -2.40. The van der Waals surface area contributed by atoms with E-state index in [-0.39, 0.29) is 9.75 Å². The average molecular weight is 286 g/mol. The van der Waals surface area contributed by atoms with Crippen molar-refractivity contribution >= 4 is 23.2 Å². The second-order valence-corrected chi connectivity index (χ2v) is 5.31. The van der Waals surface area contributed by atoms with Gasteiger partial charge < -0.3 is 15.0 Å². The maximum Gasteiger partial charge on any atom is 0.326 e. The summed E-state index contributed by atoms with van der Waals surface area (Å²) in [5, 5.41) is 11.5. The second kappa shape index (κ2) is 6.51. The number of carboxylic acids is 1. The molecule has 0 radical (unpaired) electrons. The molecule has 1 amide bonds. The number of nitrogens with one attached hydrogen (secondary N) is 1. The Morgan fingerprint density at radius 2 is 2.11 bits per heavy atom. The Bertz CT molecular complexity index is 532. The monoisotopic (exact) mass is 286 g/mol. The van der Waals surface area contributed by atoms with Crippen LogP contribution in [0.15, 0.2) is 4.79 Å². The van der Waals surface area contributed by atoms with E-state index in [2.05, 4.69) is 5.32 Å². The van der Waals surface area contributed by atoms with Crippen LogP contribution in [0, 0.1) is 6.92 Å². The number of thiazole rings is 1. The van der Waals surface area contributed by atoms with Crippen molar-refractivity contribution in [3.63, 3.8) is 0 Å². The summed E-state index contributed by atoms with van der Waals surface area (Å²) < 4.78 is 1.38. The normalized spacial score (nSPS) is 12.2. The van der Waals surface area contributed by atoms with E-state index in [1.165, 1.54) is 4.57 Å². The summed E-state index contributed by atoms with van der Waals surface area (Å²) in [4.78, 5) is 34.5. The minimum absolute atomic E-state index is 0.233. The highest BCUT2D eigenvalue weighted by Gasteiger charge is 2.23. The van der Waals surface area contributed by atoms with Crippen LogP contribution in [-0.4, -0.2) is 27.6 Å². The third-order valence-electron chi connectivity index (χ3n) is 2.95. The Hall–Kier alpha value is -1.63. The molecule has 2 N–H and O–H groups in total. The number of hydrogen-bond acceptors (Lipinski definition) is 4. The van der Waals surface area contributed by atoms with E-state index < -0.39 is 17.9 Å². The van der Waals surface area contributed by atoms with Gasteiger partial charge in [0.15, 0.2) is 0 Å². The average Bonchev–Trinajstić information content (AvgIpc) is 2.61. The third-order valence-corrected chi connectivity index (χ3v) is 4.08. The van der Waals surface area contributed by atoms with Gasteiger partial charge in [0, 0.05) is 12.7 Å². The van der Waals surface area contributed by atoms with Crippen molar-refractivity contribution in [3.05, 3.63) is 20.2 Å². The van der Waals surface area contributed by atoms with E-state index in [1.807, 2.05) is 6.92 Å². The predicted molar refractivity (Wildman–Crippen MR) is 72.7 cm³/mol. The fourth-order valence-electron chi connectivity index (χ4n) is 1.62. The molecule has 1 heterocycles. The van der Waals surface area contributed by atoms with Crippen molar-refractivity contribution in [1.82, 2.24) is 9.88 Å². The first-order valence-corrected chi connectivity index (χ1v) is 6.90. The van der Waals surface area contributed by atoms with Crippen molar-refractivity contribution in [1.29, 1.82) is 0 Å². The third kappa shape index (κ3) is 3.66. The number of nitrogens with zero attached hydrogens (tertiary/aromatic N) is 1. The Labute approximate surface area is 115 Å². The first-order chi connectivity index (χ1) is 8.88. The summed E-state index contributed by atoms with van der Waals surface area (Å²) in [5.41, 5.74) is 0.548. The number of amides is 1. The lowest BCUT2D eigenvalue weighted by atomic mass is 10.1. The summed E-state index contributed by atoms with van der Waals surface area (Å²) in [6, 6.07) is -0.908. The molecule has 0 aromatic carbocycles. The minimum Gasteiger partial charge on any atom is -0.480 e. The van der Waals surface area contributed by atoms with Crippen LogP contribution < -0.4 is 10.2 Å². The standard InChI is InChI=1S/C12H18N2O4S/c1-4-5-6-8(11(16)17)13-10(15)9-7(2)14(3)12(18)19-9/h8H,4-6H2,1-3H3,(H,13,15)(H,16,17). The highest BCUT2D eigenvalue weighted by molar-refractivity contribution is 7.11. The topological polar surface area (TPSA) is 88.4 Å². The van der Waals surface area contributed by atoms with Gasteiger partial charge in [0.25, 0.3) is 5.91 Å². The Balaban J connectivity index is 2.84. The molecule has 1 unspecified atom stereocenters. The van der Waals surface area contributed by atoms with Crippen LogP contribution in [0.4, 0.5) is 0 Å². The molecule has 7 heteroatoms. The largest absolute Gasteiger partial charge is 0.480 e.